The number of pyridine rings is 1. The first-order valence-corrected chi connectivity index (χ1v) is 10.2. The molecule has 1 amide bonds. The molecule has 11 nitrogen and oxygen atoms in total. The quantitative estimate of drug-likeness (QED) is 0.276. The summed E-state index contributed by atoms with van der Waals surface area (Å²) >= 11 is 0. The zero-order valence-corrected chi connectivity index (χ0v) is 19.1. The van der Waals surface area contributed by atoms with Crippen LogP contribution in [0.1, 0.15) is 32.0 Å². The summed E-state index contributed by atoms with van der Waals surface area (Å²) in [6.07, 6.45) is 4.68. The fourth-order valence-corrected chi connectivity index (χ4v) is 3.36. The summed E-state index contributed by atoms with van der Waals surface area (Å²) in [5, 5.41) is 21.9. The molecule has 0 spiro atoms. The Kier molecular flexibility index (Phi) is 7.98. The van der Waals surface area contributed by atoms with Crippen LogP contribution >= 0.6 is 0 Å². The number of carbonyl (C=O) groups excluding carboxylic acids is 2. The molecule has 0 aliphatic heterocycles. The summed E-state index contributed by atoms with van der Waals surface area (Å²) in [6.45, 7) is 0.452. The van der Waals surface area contributed by atoms with Crippen molar-refractivity contribution >= 4 is 17.6 Å². The Labute approximate surface area is 211 Å². The minimum atomic E-state index is -1.50. The van der Waals surface area contributed by atoms with Crippen LogP contribution in [0.4, 0.5) is 5.69 Å². The van der Waals surface area contributed by atoms with Gasteiger partial charge in [-0.2, -0.15) is 10.2 Å². The van der Waals surface area contributed by atoms with Crippen LogP contribution < -0.4 is 40.6 Å². The minimum absolute atomic E-state index is 0. The van der Waals surface area contributed by atoms with Gasteiger partial charge in [-0.25, -0.2) is 4.68 Å². The topological polar surface area (TPSA) is 161 Å². The second-order valence-electron chi connectivity index (χ2n) is 7.51. The van der Waals surface area contributed by atoms with Crippen molar-refractivity contribution in [2.75, 3.05) is 5.32 Å². The largest absolute Gasteiger partial charge is 1.00 e. The Hall–Kier alpha value is -4.04. The molecule has 4 rings (SSSR count). The number of carboxylic acid groups (broad SMARTS) is 1. The normalized spacial score (nSPS) is 10.5. The van der Waals surface area contributed by atoms with E-state index in [1.165, 1.54) is 28.7 Å². The third kappa shape index (κ3) is 5.91. The van der Waals surface area contributed by atoms with Crippen LogP contribution in [0.5, 0.6) is 0 Å². The Morgan fingerprint density at radius 1 is 1.09 bits per heavy atom. The number of hydrogen-bond acceptors (Lipinski definition) is 8. The van der Waals surface area contributed by atoms with Crippen LogP contribution in [0.25, 0.3) is 11.3 Å². The van der Waals surface area contributed by atoms with E-state index in [1.807, 2.05) is 6.07 Å². The summed E-state index contributed by atoms with van der Waals surface area (Å²) in [5.41, 5.74) is 8.08. The van der Waals surface area contributed by atoms with E-state index in [4.69, 9.17) is 5.73 Å². The molecule has 0 saturated carbocycles. The summed E-state index contributed by atoms with van der Waals surface area (Å²) in [5.74, 6) is -2.03. The number of aromatic carboxylic acids is 1. The fraction of sp³-hybridized carbons (Fsp3) is 0.130. The van der Waals surface area contributed by atoms with Crippen molar-refractivity contribution in [3.63, 3.8) is 0 Å². The van der Waals surface area contributed by atoms with E-state index in [2.05, 4.69) is 20.5 Å². The molecule has 3 heterocycles. The molecule has 0 aliphatic carbocycles. The summed E-state index contributed by atoms with van der Waals surface area (Å²) in [7, 11) is 1.53. The van der Waals surface area contributed by atoms with E-state index in [9.17, 15) is 19.5 Å². The summed E-state index contributed by atoms with van der Waals surface area (Å²) in [6, 6.07) is 11.5. The van der Waals surface area contributed by atoms with E-state index in [-0.39, 0.29) is 47.9 Å². The third-order valence-electron chi connectivity index (χ3n) is 4.98. The minimum Gasteiger partial charge on any atom is -0.543 e. The van der Waals surface area contributed by atoms with Crippen LogP contribution in [-0.2, 0) is 20.1 Å². The maximum absolute atomic E-state index is 12.7. The van der Waals surface area contributed by atoms with Crippen molar-refractivity contribution in [1.29, 1.82) is 0 Å². The predicted octanol–water partition coefficient (Wildman–Crippen LogP) is -2.83. The fourth-order valence-electron chi connectivity index (χ4n) is 3.36. The zero-order chi connectivity index (χ0) is 24.2. The summed E-state index contributed by atoms with van der Waals surface area (Å²) in [4.78, 5) is 40.5. The maximum Gasteiger partial charge on any atom is 1.00 e. The smallest absolute Gasteiger partial charge is 0.543 e. The Morgan fingerprint density at radius 3 is 2.63 bits per heavy atom. The number of rotatable bonds is 7. The van der Waals surface area contributed by atoms with Gasteiger partial charge in [-0.15, -0.1) is 0 Å². The number of anilines is 1. The second-order valence-corrected chi connectivity index (χ2v) is 7.51. The van der Waals surface area contributed by atoms with Gasteiger partial charge in [-0.1, -0.05) is 12.1 Å². The van der Waals surface area contributed by atoms with Crippen molar-refractivity contribution in [2.45, 2.75) is 13.1 Å². The number of hydrogen-bond donors (Lipinski definition) is 2. The number of nitrogens with one attached hydrogen (secondary N) is 1. The van der Waals surface area contributed by atoms with Gasteiger partial charge in [0.1, 0.15) is 5.69 Å². The molecule has 0 fully saturated rings. The van der Waals surface area contributed by atoms with Gasteiger partial charge in [0.05, 0.1) is 23.9 Å². The molecule has 0 saturated heterocycles. The van der Waals surface area contributed by atoms with E-state index < -0.39 is 11.9 Å². The van der Waals surface area contributed by atoms with Crippen molar-refractivity contribution < 1.29 is 33.6 Å². The number of aryl methyl sites for hydroxylation is 1. The van der Waals surface area contributed by atoms with E-state index in [0.717, 1.165) is 11.1 Å². The van der Waals surface area contributed by atoms with Crippen molar-refractivity contribution in [2.24, 2.45) is 12.8 Å². The molecular formula is C23H20LiN7O4. The van der Waals surface area contributed by atoms with Crippen molar-refractivity contribution in [1.82, 2.24) is 24.5 Å². The van der Waals surface area contributed by atoms with Gasteiger partial charge in [0.15, 0.2) is 0 Å². The van der Waals surface area contributed by atoms with Gasteiger partial charge in [-0.05, 0) is 35.4 Å². The molecule has 172 valence electrons. The monoisotopic (exact) mass is 465 g/mol. The van der Waals surface area contributed by atoms with E-state index in [0.29, 0.717) is 17.8 Å². The standard InChI is InChI=1S/C23H21N7O4.Li/c1-29-13-19(21(28-29)23(33)34)26-22(32)16-4-2-3-14(7-16)12-30-20(31)6-5-18(27-30)17-8-15(9-24)10-25-11-17;/h2-8,10-11,13H,9,12,24H2,1H3,(H,26,32)(H,33,34);/q;+1/p-1. The van der Waals surface area contributed by atoms with Crippen LogP contribution in [0.3, 0.4) is 0 Å². The first-order valence-electron chi connectivity index (χ1n) is 10.2. The van der Waals surface area contributed by atoms with Gasteiger partial charge in [0.2, 0.25) is 0 Å². The van der Waals surface area contributed by atoms with Gasteiger partial charge >= 0.3 is 18.9 Å². The van der Waals surface area contributed by atoms with Crippen molar-refractivity contribution in [3.05, 3.63) is 93.8 Å². The zero-order valence-electron chi connectivity index (χ0n) is 19.1. The number of benzene rings is 1. The van der Waals surface area contributed by atoms with E-state index >= 15 is 0 Å². The average molecular weight is 465 g/mol. The molecule has 4 aromatic rings. The van der Waals surface area contributed by atoms with Gasteiger partial charge in [0.25, 0.3) is 11.5 Å². The van der Waals surface area contributed by atoms with Crippen molar-refractivity contribution in [3.8, 4) is 11.3 Å². The Bertz CT molecular complexity index is 1450. The van der Waals surface area contributed by atoms with E-state index in [1.54, 1.807) is 42.7 Å². The molecular weight excluding hydrogens is 445 g/mol. The van der Waals surface area contributed by atoms with Gasteiger partial charge < -0.3 is 21.0 Å². The predicted molar refractivity (Wildman–Crippen MR) is 121 cm³/mol. The average Bonchev–Trinajstić information content (AvgIpc) is 3.21. The number of nitrogens with two attached hydrogens (primary N) is 1. The molecule has 1 aromatic carbocycles. The number of carbonyl (C=O) groups is 2. The molecule has 0 aliphatic rings. The van der Waals surface area contributed by atoms with Crippen LogP contribution in [0, 0.1) is 0 Å². The molecule has 3 aromatic heterocycles. The molecule has 0 atom stereocenters. The van der Waals surface area contributed by atoms with Gasteiger partial charge in [-0.3, -0.25) is 19.3 Å². The SMILES string of the molecule is Cn1cc(NC(=O)c2cccc(Cn3nc(-c4cncc(CN)c4)ccc3=O)c2)c(C(=O)[O-])n1.[Li+]. The van der Waals surface area contributed by atoms with Gasteiger partial charge in [0, 0.05) is 49.4 Å². The Balaban J connectivity index is 0.00000342. The number of amides is 1. The number of aromatic nitrogens is 5. The molecule has 0 bridgehead atoms. The molecule has 3 N–H and O–H groups in total. The third-order valence-corrected chi connectivity index (χ3v) is 4.98. The van der Waals surface area contributed by atoms with Crippen LogP contribution in [0.2, 0.25) is 0 Å². The van der Waals surface area contributed by atoms with Crippen LogP contribution in [0.15, 0.2) is 65.8 Å². The molecule has 12 heteroatoms. The maximum atomic E-state index is 12.7. The number of nitrogens with zero attached hydrogens (tertiary/aromatic N) is 5. The first kappa shape index (κ1) is 25.6. The molecule has 0 unspecified atom stereocenters. The summed E-state index contributed by atoms with van der Waals surface area (Å²) < 4.78 is 2.55. The molecule has 0 radical (unpaired) electrons. The second kappa shape index (κ2) is 10.9. The first-order chi connectivity index (χ1) is 16.3. The Morgan fingerprint density at radius 2 is 1.89 bits per heavy atom. The molecule has 35 heavy (non-hydrogen) atoms. The van der Waals surface area contributed by atoms with Crippen LogP contribution in [-0.4, -0.2) is 36.4 Å². The number of carboxylic acids is 1.